The number of nitrogens with one attached hydrogen (secondary N) is 1. The number of amides is 1. The van der Waals surface area contributed by atoms with Crippen LogP contribution in [0, 0.1) is 12.7 Å². The van der Waals surface area contributed by atoms with Gasteiger partial charge in [-0.3, -0.25) is 4.79 Å². The number of anilines is 2. The molecule has 1 amide bonds. The molecule has 0 bridgehead atoms. The van der Waals surface area contributed by atoms with Crippen molar-refractivity contribution in [2.24, 2.45) is 0 Å². The maximum Gasteiger partial charge on any atom is 0.260 e. The van der Waals surface area contributed by atoms with Crippen LogP contribution in [-0.2, 0) is 0 Å². The third kappa shape index (κ3) is 2.29. The molecule has 5 nitrogen and oxygen atoms in total. The Morgan fingerprint density at radius 1 is 1.27 bits per heavy atom. The highest BCUT2D eigenvalue weighted by Gasteiger charge is 2.36. The van der Waals surface area contributed by atoms with Crippen molar-refractivity contribution >= 4 is 28.3 Å². The molecule has 0 saturated heterocycles. The average Bonchev–Trinajstić information content (AvgIpc) is 3.37. The van der Waals surface area contributed by atoms with Crippen LogP contribution in [0.5, 0.6) is 0 Å². The van der Waals surface area contributed by atoms with Gasteiger partial charge in [-0.05, 0) is 43.5 Å². The molecule has 1 N–H and O–H groups in total. The number of carbonyl (C=O) groups is 1. The Morgan fingerprint density at radius 2 is 2.12 bits per heavy atom. The molecule has 1 aromatic heterocycles. The number of fused-ring (bicyclic) bond motifs is 2. The van der Waals surface area contributed by atoms with E-state index in [1.165, 1.54) is 31.3 Å². The van der Waals surface area contributed by atoms with Gasteiger partial charge in [0, 0.05) is 19.1 Å². The van der Waals surface area contributed by atoms with E-state index in [4.69, 9.17) is 0 Å². The average molecular weight is 350 g/mol. The van der Waals surface area contributed by atoms with Gasteiger partial charge >= 0.3 is 0 Å². The first-order chi connectivity index (χ1) is 12.6. The zero-order valence-electron chi connectivity index (χ0n) is 14.5. The molecule has 0 unspecified atom stereocenters. The van der Waals surface area contributed by atoms with Gasteiger partial charge in [-0.1, -0.05) is 12.1 Å². The van der Waals surface area contributed by atoms with E-state index < -0.39 is 5.82 Å². The summed E-state index contributed by atoms with van der Waals surface area (Å²) < 4.78 is 14.0. The molecule has 0 radical (unpaired) electrons. The Morgan fingerprint density at radius 3 is 2.92 bits per heavy atom. The first kappa shape index (κ1) is 15.4. The number of nitrogens with zero attached hydrogens (tertiary/aromatic N) is 3. The number of carbonyl (C=O) groups excluding carboxylic acids is 1. The highest BCUT2D eigenvalue weighted by Crippen LogP contribution is 2.42. The topological polar surface area (TPSA) is 52.2 Å². The first-order valence-electron chi connectivity index (χ1n) is 8.94. The third-order valence-corrected chi connectivity index (χ3v) is 5.31. The van der Waals surface area contributed by atoms with Crippen molar-refractivity contribution in [3.63, 3.8) is 0 Å². The number of H-pyrrole nitrogens is 1. The van der Waals surface area contributed by atoms with Crippen LogP contribution in [0.1, 0.15) is 28.8 Å². The minimum Gasteiger partial charge on any atom is -0.365 e. The van der Waals surface area contributed by atoms with Crippen molar-refractivity contribution in [1.29, 1.82) is 0 Å². The standard InChI is InChI=1S/C20H19FN4O/c1-12-3-2-4-17-19(12)24(14-5-6-14)7-8-25(17)20(26)15-9-13(21)10-16-18(15)23-11-22-16/h2-4,9-11,14H,5-8H2,1H3,(H,22,23). The quantitative estimate of drug-likeness (QED) is 0.768. The lowest BCUT2D eigenvalue weighted by atomic mass is 10.0. The number of aromatic nitrogens is 2. The summed E-state index contributed by atoms with van der Waals surface area (Å²) in [5.74, 6) is -0.643. The zero-order chi connectivity index (χ0) is 17.8. The van der Waals surface area contributed by atoms with Crippen molar-refractivity contribution < 1.29 is 9.18 Å². The molecule has 6 heteroatoms. The molecule has 0 spiro atoms. The lowest BCUT2D eigenvalue weighted by Gasteiger charge is -2.39. The fraction of sp³-hybridized carbons (Fsp3) is 0.300. The molecular formula is C20H19FN4O. The number of rotatable bonds is 2. The van der Waals surface area contributed by atoms with Gasteiger partial charge in [0.25, 0.3) is 5.91 Å². The summed E-state index contributed by atoms with van der Waals surface area (Å²) in [6.07, 6.45) is 3.91. The smallest absolute Gasteiger partial charge is 0.260 e. The number of hydrogen-bond acceptors (Lipinski definition) is 3. The van der Waals surface area contributed by atoms with Gasteiger partial charge in [0.1, 0.15) is 11.3 Å². The van der Waals surface area contributed by atoms with Gasteiger partial charge in [-0.2, -0.15) is 0 Å². The molecule has 1 saturated carbocycles. The van der Waals surface area contributed by atoms with Crippen LogP contribution in [0.15, 0.2) is 36.7 Å². The van der Waals surface area contributed by atoms with Crippen LogP contribution >= 0.6 is 0 Å². The van der Waals surface area contributed by atoms with E-state index in [1.54, 1.807) is 4.90 Å². The van der Waals surface area contributed by atoms with Gasteiger partial charge in [-0.15, -0.1) is 0 Å². The lowest BCUT2D eigenvalue weighted by Crippen LogP contribution is -2.45. The van der Waals surface area contributed by atoms with Crippen molar-refractivity contribution in [1.82, 2.24) is 9.97 Å². The number of halogens is 1. The minimum atomic E-state index is -0.439. The third-order valence-electron chi connectivity index (χ3n) is 5.31. The maximum absolute atomic E-state index is 14.0. The minimum absolute atomic E-state index is 0.205. The Labute approximate surface area is 150 Å². The van der Waals surface area contributed by atoms with E-state index in [2.05, 4.69) is 27.9 Å². The van der Waals surface area contributed by atoms with Gasteiger partial charge in [0.15, 0.2) is 0 Å². The van der Waals surface area contributed by atoms with E-state index in [-0.39, 0.29) is 5.91 Å². The van der Waals surface area contributed by atoms with Crippen LogP contribution in [0.2, 0.25) is 0 Å². The second-order valence-corrected chi connectivity index (χ2v) is 7.08. The number of hydrogen-bond donors (Lipinski definition) is 1. The van der Waals surface area contributed by atoms with Crippen LogP contribution < -0.4 is 9.80 Å². The predicted molar refractivity (Wildman–Crippen MR) is 99.3 cm³/mol. The summed E-state index contributed by atoms with van der Waals surface area (Å²) in [7, 11) is 0. The Kier molecular flexibility index (Phi) is 3.29. The molecule has 0 atom stereocenters. The number of benzene rings is 2. The largest absolute Gasteiger partial charge is 0.365 e. The van der Waals surface area contributed by atoms with Gasteiger partial charge in [0.05, 0.1) is 28.8 Å². The Bertz CT molecular complexity index is 1020. The summed E-state index contributed by atoms with van der Waals surface area (Å²) in [5.41, 5.74) is 4.54. The van der Waals surface area contributed by atoms with Gasteiger partial charge in [0.2, 0.25) is 0 Å². The Hall–Kier alpha value is -2.89. The van der Waals surface area contributed by atoms with Gasteiger partial charge in [-0.25, -0.2) is 9.37 Å². The first-order valence-corrected chi connectivity index (χ1v) is 8.94. The van der Waals surface area contributed by atoms with E-state index in [0.717, 1.165) is 23.5 Å². The molecule has 2 aromatic carbocycles. The highest BCUT2D eigenvalue weighted by atomic mass is 19.1. The number of para-hydroxylation sites is 1. The molecule has 132 valence electrons. The van der Waals surface area contributed by atoms with E-state index >= 15 is 0 Å². The molecule has 5 rings (SSSR count). The summed E-state index contributed by atoms with van der Waals surface area (Å²) in [6.45, 7) is 3.47. The van der Waals surface area contributed by atoms with Crippen LogP contribution in [0.25, 0.3) is 11.0 Å². The molecule has 26 heavy (non-hydrogen) atoms. The van der Waals surface area contributed by atoms with E-state index in [0.29, 0.717) is 29.2 Å². The highest BCUT2D eigenvalue weighted by molar-refractivity contribution is 6.14. The Balaban J connectivity index is 1.62. The zero-order valence-corrected chi connectivity index (χ0v) is 14.5. The summed E-state index contributed by atoms with van der Waals surface area (Å²) in [4.78, 5) is 24.6. The van der Waals surface area contributed by atoms with Crippen molar-refractivity contribution in [2.45, 2.75) is 25.8 Å². The van der Waals surface area contributed by atoms with Crippen LogP contribution in [0.4, 0.5) is 15.8 Å². The fourth-order valence-corrected chi connectivity index (χ4v) is 3.96. The number of imidazole rings is 1. The molecule has 2 heterocycles. The number of aryl methyl sites for hydroxylation is 1. The SMILES string of the molecule is Cc1cccc2c1N(C1CC1)CCN2C(=O)c1cc(F)cc2[nH]cnc12. The molecule has 1 aliphatic carbocycles. The molecule has 1 fully saturated rings. The second-order valence-electron chi connectivity index (χ2n) is 7.08. The van der Waals surface area contributed by atoms with E-state index in [9.17, 15) is 9.18 Å². The monoisotopic (exact) mass is 350 g/mol. The van der Waals surface area contributed by atoms with Crippen LogP contribution in [-0.4, -0.2) is 35.0 Å². The van der Waals surface area contributed by atoms with Crippen LogP contribution in [0.3, 0.4) is 0 Å². The molecule has 3 aromatic rings. The summed E-state index contributed by atoms with van der Waals surface area (Å²) in [6, 6.07) is 9.27. The van der Waals surface area contributed by atoms with Crippen molar-refractivity contribution in [3.8, 4) is 0 Å². The van der Waals surface area contributed by atoms with Crippen molar-refractivity contribution in [2.75, 3.05) is 22.9 Å². The van der Waals surface area contributed by atoms with Crippen molar-refractivity contribution in [3.05, 3.63) is 53.6 Å². The summed E-state index contributed by atoms with van der Waals surface area (Å²) in [5, 5.41) is 0. The second kappa shape index (κ2) is 5.56. The van der Waals surface area contributed by atoms with Gasteiger partial charge < -0.3 is 14.8 Å². The normalized spacial score (nSPS) is 16.8. The summed E-state index contributed by atoms with van der Waals surface area (Å²) >= 11 is 0. The number of aromatic amines is 1. The van der Waals surface area contributed by atoms with E-state index in [1.807, 2.05) is 12.1 Å². The molecular weight excluding hydrogens is 331 g/mol. The fourth-order valence-electron chi connectivity index (χ4n) is 3.96. The lowest BCUT2D eigenvalue weighted by molar-refractivity contribution is 0.0987. The maximum atomic E-state index is 14.0. The predicted octanol–water partition coefficient (Wildman–Crippen LogP) is 3.64. The molecule has 2 aliphatic rings. The molecule has 1 aliphatic heterocycles.